The first-order chi connectivity index (χ1) is 12.9. The summed E-state index contributed by atoms with van der Waals surface area (Å²) < 4.78 is 30.3. The van der Waals surface area contributed by atoms with E-state index in [2.05, 4.69) is 9.71 Å². The molecular formula is C19H30N4O3S. The molecule has 1 saturated heterocycles. The normalized spacial score (nSPS) is 31.2. The zero-order valence-corrected chi connectivity index (χ0v) is 16.9. The van der Waals surface area contributed by atoms with Crippen LogP contribution in [-0.4, -0.2) is 42.9 Å². The Labute approximate surface area is 161 Å². The van der Waals surface area contributed by atoms with E-state index in [1.807, 2.05) is 4.90 Å². The van der Waals surface area contributed by atoms with Gasteiger partial charge in [0.2, 0.25) is 10.0 Å². The van der Waals surface area contributed by atoms with Crippen LogP contribution in [0.15, 0.2) is 17.2 Å². The number of nitrogens with zero attached hydrogens (tertiary/aromatic N) is 3. The van der Waals surface area contributed by atoms with Crippen LogP contribution in [-0.2, 0) is 17.1 Å². The predicted molar refractivity (Wildman–Crippen MR) is 105 cm³/mol. The van der Waals surface area contributed by atoms with Crippen molar-refractivity contribution in [3.8, 4) is 0 Å². The number of hydrogen-bond acceptors (Lipinski definition) is 5. The van der Waals surface area contributed by atoms with E-state index in [1.54, 1.807) is 19.4 Å². The Hall–Kier alpha value is -1.41. The minimum Gasteiger partial charge on any atom is -0.350 e. The summed E-state index contributed by atoms with van der Waals surface area (Å²) in [5, 5.41) is 0. The highest BCUT2D eigenvalue weighted by molar-refractivity contribution is 7.89. The van der Waals surface area contributed by atoms with Gasteiger partial charge in [-0.3, -0.25) is 4.79 Å². The van der Waals surface area contributed by atoms with Crippen LogP contribution in [0.3, 0.4) is 0 Å². The monoisotopic (exact) mass is 394 g/mol. The molecule has 0 radical (unpaired) electrons. The van der Waals surface area contributed by atoms with E-state index in [0.29, 0.717) is 12.4 Å². The van der Waals surface area contributed by atoms with Crippen molar-refractivity contribution in [2.75, 3.05) is 23.7 Å². The molecule has 4 aliphatic rings. The summed E-state index contributed by atoms with van der Waals surface area (Å²) in [5.41, 5.74) is -0.148. The fourth-order valence-electron chi connectivity index (χ4n) is 5.22. The molecule has 1 aliphatic heterocycles. The first-order valence-corrected chi connectivity index (χ1v) is 11.8. The van der Waals surface area contributed by atoms with Gasteiger partial charge in [0.05, 0.1) is 5.75 Å². The Morgan fingerprint density at radius 1 is 1.22 bits per heavy atom. The molecule has 150 valence electrons. The predicted octanol–water partition coefficient (Wildman–Crippen LogP) is 1.64. The summed E-state index contributed by atoms with van der Waals surface area (Å²) in [6.45, 7) is 1.23. The molecule has 0 spiro atoms. The molecule has 2 heterocycles. The van der Waals surface area contributed by atoms with Crippen molar-refractivity contribution in [2.24, 2.45) is 18.4 Å². The average molecular weight is 395 g/mol. The number of rotatable bonds is 5. The lowest BCUT2D eigenvalue weighted by Gasteiger charge is -2.46. The molecule has 0 aromatic carbocycles. The molecule has 7 nitrogen and oxygen atoms in total. The highest BCUT2D eigenvalue weighted by Crippen LogP contribution is 2.50. The van der Waals surface area contributed by atoms with Crippen molar-refractivity contribution >= 4 is 15.8 Å². The Kier molecular flexibility index (Phi) is 5.05. The lowest BCUT2D eigenvalue weighted by Crippen LogP contribution is -2.51. The molecule has 3 aliphatic carbocycles. The third-order valence-electron chi connectivity index (χ3n) is 6.81. The minimum atomic E-state index is -3.33. The van der Waals surface area contributed by atoms with Gasteiger partial charge in [0.15, 0.2) is 5.82 Å². The van der Waals surface area contributed by atoms with Gasteiger partial charge in [-0.15, -0.1) is 0 Å². The van der Waals surface area contributed by atoms with Crippen molar-refractivity contribution < 1.29 is 8.42 Å². The topological polar surface area (TPSA) is 84.3 Å². The number of aromatic nitrogens is 2. The van der Waals surface area contributed by atoms with Crippen LogP contribution in [0.25, 0.3) is 0 Å². The summed E-state index contributed by atoms with van der Waals surface area (Å²) in [4.78, 5) is 18.5. The SMILES string of the molecule is Cn1ccnc(N2CCCC(NS(=O)(=O)CC34CCC(CC3)CC4)C2)c1=O. The molecule has 1 atom stereocenters. The van der Waals surface area contributed by atoms with Crippen LogP contribution in [0, 0.1) is 11.3 Å². The third-order valence-corrected chi connectivity index (χ3v) is 8.50. The van der Waals surface area contributed by atoms with Crippen LogP contribution >= 0.6 is 0 Å². The van der Waals surface area contributed by atoms with Gasteiger partial charge < -0.3 is 9.47 Å². The minimum absolute atomic E-state index is 0.00807. The van der Waals surface area contributed by atoms with Crippen molar-refractivity contribution in [1.29, 1.82) is 0 Å². The van der Waals surface area contributed by atoms with Gasteiger partial charge in [-0.2, -0.15) is 0 Å². The standard InChI is InChI=1S/C19H30N4O3S/c1-22-12-10-20-17(18(22)24)23-11-2-3-16(13-23)21-27(25,26)14-19-7-4-15(5-8-19)6-9-19/h10,12,15-16,21H,2-9,11,13-14H2,1H3. The summed E-state index contributed by atoms with van der Waals surface area (Å²) in [6.07, 6.45) is 11.6. The summed E-state index contributed by atoms with van der Waals surface area (Å²) >= 11 is 0. The van der Waals surface area contributed by atoms with Crippen LogP contribution < -0.4 is 15.2 Å². The van der Waals surface area contributed by atoms with Crippen LogP contribution in [0.4, 0.5) is 5.82 Å². The zero-order valence-electron chi connectivity index (χ0n) is 16.1. The molecular weight excluding hydrogens is 364 g/mol. The zero-order chi connectivity index (χ0) is 19.1. The molecule has 3 saturated carbocycles. The Morgan fingerprint density at radius 2 is 1.93 bits per heavy atom. The lowest BCUT2D eigenvalue weighted by molar-refractivity contribution is 0.0857. The molecule has 1 N–H and O–H groups in total. The molecule has 1 aromatic heterocycles. The van der Waals surface area contributed by atoms with E-state index in [1.165, 1.54) is 23.8 Å². The van der Waals surface area contributed by atoms with E-state index < -0.39 is 10.0 Å². The second-order valence-corrected chi connectivity index (χ2v) is 10.6. The van der Waals surface area contributed by atoms with E-state index in [9.17, 15) is 13.2 Å². The van der Waals surface area contributed by atoms with Gasteiger partial charge in [0, 0.05) is 38.6 Å². The Morgan fingerprint density at radius 3 is 2.63 bits per heavy atom. The second-order valence-electron chi connectivity index (χ2n) is 8.81. The third kappa shape index (κ3) is 4.06. The van der Waals surface area contributed by atoms with E-state index in [4.69, 9.17) is 0 Å². The van der Waals surface area contributed by atoms with Crippen molar-refractivity contribution in [3.63, 3.8) is 0 Å². The first-order valence-electron chi connectivity index (χ1n) is 10.1. The van der Waals surface area contributed by atoms with Gasteiger partial charge in [-0.05, 0) is 62.7 Å². The molecule has 1 aromatic rings. The maximum absolute atomic E-state index is 12.9. The Balaban J connectivity index is 1.42. The van der Waals surface area contributed by atoms with Crippen LogP contribution in [0.2, 0.25) is 0 Å². The number of fused-ring (bicyclic) bond motifs is 3. The smallest absolute Gasteiger partial charge is 0.293 e. The average Bonchev–Trinajstić information content (AvgIpc) is 2.64. The lowest BCUT2D eigenvalue weighted by atomic mass is 9.62. The van der Waals surface area contributed by atoms with Gasteiger partial charge >= 0.3 is 0 Å². The van der Waals surface area contributed by atoms with Crippen molar-refractivity contribution in [3.05, 3.63) is 22.7 Å². The first kappa shape index (κ1) is 18.9. The molecule has 2 bridgehead atoms. The largest absolute Gasteiger partial charge is 0.350 e. The highest BCUT2D eigenvalue weighted by Gasteiger charge is 2.43. The molecule has 8 heteroatoms. The molecule has 27 heavy (non-hydrogen) atoms. The highest BCUT2D eigenvalue weighted by atomic mass is 32.2. The van der Waals surface area contributed by atoms with E-state index >= 15 is 0 Å². The summed E-state index contributed by atoms with van der Waals surface area (Å²) in [7, 11) is -1.63. The van der Waals surface area contributed by atoms with E-state index in [-0.39, 0.29) is 22.8 Å². The number of nitrogens with one attached hydrogen (secondary N) is 1. The summed E-state index contributed by atoms with van der Waals surface area (Å²) in [6, 6.07) is -0.160. The Bertz CT molecular complexity index is 829. The number of hydrogen-bond donors (Lipinski definition) is 1. The quantitative estimate of drug-likeness (QED) is 0.821. The second kappa shape index (κ2) is 7.20. The number of sulfonamides is 1. The maximum atomic E-state index is 12.9. The van der Waals surface area contributed by atoms with Gasteiger partial charge in [-0.25, -0.2) is 18.1 Å². The number of anilines is 1. The number of aryl methyl sites for hydroxylation is 1. The fourth-order valence-corrected chi connectivity index (χ4v) is 7.24. The van der Waals surface area contributed by atoms with Crippen molar-refractivity contribution in [1.82, 2.24) is 14.3 Å². The van der Waals surface area contributed by atoms with Crippen molar-refractivity contribution in [2.45, 2.75) is 57.4 Å². The molecule has 1 unspecified atom stereocenters. The molecule has 4 fully saturated rings. The van der Waals surface area contributed by atoms with Crippen LogP contribution in [0.1, 0.15) is 51.4 Å². The number of piperidine rings is 1. The molecule has 5 rings (SSSR count). The van der Waals surface area contributed by atoms with E-state index in [0.717, 1.165) is 44.6 Å². The fraction of sp³-hybridized carbons (Fsp3) is 0.789. The van der Waals surface area contributed by atoms with Gasteiger partial charge in [0.1, 0.15) is 0 Å². The van der Waals surface area contributed by atoms with Crippen LogP contribution in [0.5, 0.6) is 0 Å². The summed E-state index contributed by atoms with van der Waals surface area (Å²) in [5.74, 6) is 1.50. The van der Waals surface area contributed by atoms with Gasteiger partial charge in [-0.1, -0.05) is 0 Å². The molecule has 0 amide bonds. The van der Waals surface area contributed by atoms with Gasteiger partial charge in [0.25, 0.3) is 5.56 Å². The maximum Gasteiger partial charge on any atom is 0.293 e.